The number of hydrogen-bond donors (Lipinski definition) is 1. The van der Waals surface area contributed by atoms with Gasteiger partial charge in [-0.05, 0) is 37.0 Å². The molecule has 0 aromatic heterocycles. The van der Waals surface area contributed by atoms with Crippen molar-refractivity contribution in [3.8, 4) is 5.75 Å². The molecule has 0 aliphatic rings. The molecule has 0 saturated carbocycles. The molecule has 20 heavy (non-hydrogen) atoms. The van der Waals surface area contributed by atoms with Gasteiger partial charge in [0.25, 0.3) is 0 Å². The second-order valence-corrected chi connectivity index (χ2v) is 5.47. The number of ether oxygens (including phenoxy) is 1. The minimum Gasteiger partial charge on any atom is -0.494 e. The van der Waals surface area contributed by atoms with Crippen LogP contribution in [0.5, 0.6) is 5.75 Å². The van der Waals surface area contributed by atoms with E-state index in [0.29, 0.717) is 6.04 Å². The number of hydrogen-bond acceptors (Lipinski definition) is 2. The third-order valence-electron chi connectivity index (χ3n) is 3.66. The Bertz CT molecular complexity index is 334. The molecular weight excluding hydrogens is 246 g/mol. The van der Waals surface area contributed by atoms with E-state index in [1.54, 1.807) is 0 Å². The Balaban J connectivity index is 2.30. The van der Waals surface area contributed by atoms with Gasteiger partial charge in [0.2, 0.25) is 0 Å². The Morgan fingerprint density at radius 1 is 1.00 bits per heavy atom. The summed E-state index contributed by atoms with van der Waals surface area (Å²) in [5.41, 5.74) is 1.33. The Kier molecular flexibility index (Phi) is 9.14. The number of nitrogens with one attached hydrogen (secondary N) is 1. The van der Waals surface area contributed by atoms with Gasteiger partial charge in [-0.2, -0.15) is 0 Å². The van der Waals surface area contributed by atoms with E-state index in [1.807, 2.05) is 0 Å². The number of benzene rings is 1. The van der Waals surface area contributed by atoms with Crippen molar-refractivity contribution in [2.75, 3.05) is 6.61 Å². The van der Waals surface area contributed by atoms with Crippen LogP contribution in [0.4, 0.5) is 0 Å². The van der Waals surface area contributed by atoms with Crippen LogP contribution in [-0.4, -0.2) is 12.6 Å². The normalized spacial score (nSPS) is 12.3. The number of rotatable bonds is 11. The first kappa shape index (κ1) is 17.0. The lowest BCUT2D eigenvalue weighted by Crippen LogP contribution is -2.27. The third kappa shape index (κ3) is 6.95. The molecular formula is C18H31NO. The van der Waals surface area contributed by atoms with Gasteiger partial charge < -0.3 is 10.1 Å². The highest BCUT2D eigenvalue weighted by Gasteiger charge is 2.04. The van der Waals surface area contributed by atoms with Gasteiger partial charge >= 0.3 is 0 Å². The minimum absolute atomic E-state index is 0.643. The van der Waals surface area contributed by atoms with Crippen LogP contribution in [0.2, 0.25) is 0 Å². The van der Waals surface area contributed by atoms with Crippen molar-refractivity contribution in [3.05, 3.63) is 29.8 Å². The van der Waals surface area contributed by atoms with Crippen molar-refractivity contribution in [1.82, 2.24) is 5.32 Å². The Morgan fingerprint density at radius 2 is 1.75 bits per heavy atom. The SMILES string of the molecule is CCCCCOc1ccc(CNC(CC)CCC)cc1. The molecule has 2 nitrogen and oxygen atoms in total. The summed E-state index contributed by atoms with van der Waals surface area (Å²) in [6.45, 7) is 8.49. The molecule has 1 N–H and O–H groups in total. The first-order valence-electron chi connectivity index (χ1n) is 8.25. The standard InChI is InChI=1S/C18H31NO/c1-4-7-8-14-20-18-12-10-16(11-13-18)15-19-17(6-3)9-5-2/h10-13,17,19H,4-9,14-15H2,1-3H3. The zero-order chi connectivity index (χ0) is 14.6. The van der Waals surface area contributed by atoms with Crippen LogP contribution < -0.4 is 10.1 Å². The van der Waals surface area contributed by atoms with E-state index in [0.717, 1.165) is 25.3 Å². The topological polar surface area (TPSA) is 21.3 Å². The predicted octanol–water partition coefficient (Wildman–Crippen LogP) is 4.92. The van der Waals surface area contributed by atoms with Crippen LogP contribution in [0.25, 0.3) is 0 Å². The summed E-state index contributed by atoms with van der Waals surface area (Å²) in [7, 11) is 0. The fourth-order valence-electron chi connectivity index (χ4n) is 2.31. The first-order valence-corrected chi connectivity index (χ1v) is 8.25. The molecule has 0 aliphatic heterocycles. The lowest BCUT2D eigenvalue weighted by Gasteiger charge is -2.16. The highest BCUT2D eigenvalue weighted by molar-refractivity contribution is 5.27. The minimum atomic E-state index is 0.643. The van der Waals surface area contributed by atoms with Gasteiger partial charge in [0.15, 0.2) is 0 Å². The zero-order valence-electron chi connectivity index (χ0n) is 13.5. The lowest BCUT2D eigenvalue weighted by molar-refractivity contribution is 0.306. The average molecular weight is 277 g/mol. The maximum absolute atomic E-state index is 5.73. The van der Waals surface area contributed by atoms with E-state index in [1.165, 1.54) is 37.7 Å². The van der Waals surface area contributed by atoms with Crippen molar-refractivity contribution in [1.29, 1.82) is 0 Å². The first-order chi connectivity index (χ1) is 9.80. The van der Waals surface area contributed by atoms with Crippen LogP contribution in [0, 0.1) is 0 Å². The van der Waals surface area contributed by atoms with Gasteiger partial charge in [0, 0.05) is 12.6 Å². The molecule has 0 amide bonds. The van der Waals surface area contributed by atoms with Crippen LogP contribution in [0.3, 0.4) is 0 Å². The molecule has 0 heterocycles. The second-order valence-electron chi connectivity index (χ2n) is 5.47. The molecule has 0 bridgehead atoms. The van der Waals surface area contributed by atoms with Crippen LogP contribution in [0.1, 0.15) is 64.9 Å². The monoisotopic (exact) mass is 277 g/mol. The summed E-state index contributed by atoms with van der Waals surface area (Å²) in [6, 6.07) is 9.15. The van der Waals surface area contributed by atoms with E-state index in [-0.39, 0.29) is 0 Å². The molecule has 1 atom stereocenters. The summed E-state index contributed by atoms with van der Waals surface area (Å²) in [5.74, 6) is 0.991. The molecule has 0 fully saturated rings. The fraction of sp³-hybridized carbons (Fsp3) is 0.667. The average Bonchev–Trinajstić information content (AvgIpc) is 2.49. The summed E-state index contributed by atoms with van der Waals surface area (Å²) < 4.78 is 5.73. The highest BCUT2D eigenvalue weighted by atomic mass is 16.5. The quantitative estimate of drug-likeness (QED) is 0.579. The van der Waals surface area contributed by atoms with Crippen molar-refractivity contribution < 1.29 is 4.74 Å². The lowest BCUT2D eigenvalue weighted by atomic mass is 10.1. The molecule has 0 aliphatic carbocycles. The maximum Gasteiger partial charge on any atom is 0.119 e. The van der Waals surface area contributed by atoms with Crippen molar-refractivity contribution in [3.63, 3.8) is 0 Å². The van der Waals surface area contributed by atoms with E-state index in [9.17, 15) is 0 Å². The molecule has 1 aromatic rings. The molecule has 2 heteroatoms. The van der Waals surface area contributed by atoms with E-state index >= 15 is 0 Å². The largest absolute Gasteiger partial charge is 0.494 e. The Labute approximate surface area is 124 Å². The number of unbranched alkanes of at least 4 members (excludes halogenated alkanes) is 2. The summed E-state index contributed by atoms with van der Waals surface area (Å²) in [4.78, 5) is 0. The highest BCUT2D eigenvalue weighted by Crippen LogP contribution is 2.13. The van der Waals surface area contributed by atoms with Crippen LogP contribution in [0.15, 0.2) is 24.3 Å². The van der Waals surface area contributed by atoms with E-state index in [2.05, 4.69) is 50.4 Å². The maximum atomic E-state index is 5.73. The van der Waals surface area contributed by atoms with Crippen molar-refractivity contribution >= 4 is 0 Å². The van der Waals surface area contributed by atoms with Gasteiger partial charge in [-0.15, -0.1) is 0 Å². The van der Waals surface area contributed by atoms with Crippen LogP contribution in [-0.2, 0) is 6.54 Å². The Morgan fingerprint density at radius 3 is 2.35 bits per heavy atom. The van der Waals surface area contributed by atoms with Gasteiger partial charge in [0.1, 0.15) is 5.75 Å². The molecule has 0 spiro atoms. The van der Waals surface area contributed by atoms with E-state index < -0.39 is 0 Å². The predicted molar refractivity (Wildman–Crippen MR) is 87.3 cm³/mol. The molecule has 1 rings (SSSR count). The summed E-state index contributed by atoms with van der Waals surface area (Å²) in [5, 5.41) is 3.63. The molecule has 1 unspecified atom stereocenters. The molecule has 0 radical (unpaired) electrons. The fourth-order valence-corrected chi connectivity index (χ4v) is 2.31. The third-order valence-corrected chi connectivity index (χ3v) is 3.66. The summed E-state index contributed by atoms with van der Waals surface area (Å²) >= 11 is 0. The van der Waals surface area contributed by atoms with Gasteiger partial charge in [-0.25, -0.2) is 0 Å². The van der Waals surface area contributed by atoms with Gasteiger partial charge in [-0.1, -0.05) is 52.2 Å². The molecule has 114 valence electrons. The molecule has 1 aromatic carbocycles. The van der Waals surface area contributed by atoms with Gasteiger partial charge in [0.05, 0.1) is 6.61 Å². The van der Waals surface area contributed by atoms with E-state index in [4.69, 9.17) is 4.74 Å². The van der Waals surface area contributed by atoms with Crippen molar-refractivity contribution in [2.45, 2.75) is 71.9 Å². The Hall–Kier alpha value is -1.02. The molecule has 0 saturated heterocycles. The van der Waals surface area contributed by atoms with Crippen LogP contribution >= 0.6 is 0 Å². The van der Waals surface area contributed by atoms with Gasteiger partial charge in [-0.3, -0.25) is 0 Å². The van der Waals surface area contributed by atoms with Crippen molar-refractivity contribution in [2.24, 2.45) is 0 Å². The smallest absolute Gasteiger partial charge is 0.119 e. The second kappa shape index (κ2) is 10.7. The summed E-state index contributed by atoms with van der Waals surface area (Å²) in [6.07, 6.45) is 7.34. The zero-order valence-corrected chi connectivity index (χ0v) is 13.5.